The molecule has 8 nitrogen and oxygen atoms in total. The van der Waals surface area contributed by atoms with Crippen LogP contribution in [0.4, 0.5) is 11.4 Å². The van der Waals surface area contributed by atoms with E-state index in [1.807, 2.05) is 23.8 Å². The quantitative estimate of drug-likeness (QED) is 0.587. The first-order chi connectivity index (χ1) is 12.1. The topological polar surface area (TPSA) is 76.7 Å². The van der Waals surface area contributed by atoms with Crippen LogP contribution in [-0.2, 0) is 4.74 Å². The van der Waals surface area contributed by atoms with E-state index in [-0.39, 0.29) is 10.6 Å². The van der Waals surface area contributed by atoms with E-state index < -0.39 is 0 Å². The summed E-state index contributed by atoms with van der Waals surface area (Å²) in [7, 11) is 1.71. The number of benzene rings is 1. The number of methoxy groups -OCH3 is 1. The molecule has 1 fully saturated rings. The van der Waals surface area contributed by atoms with Crippen LogP contribution >= 0.6 is 0 Å². The van der Waals surface area contributed by atoms with Crippen molar-refractivity contribution in [3.05, 3.63) is 46.5 Å². The molecular formula is C17H23N5O3. The van der Waals surface area contributed by atoms with E-state index in [1.54, 1.807) is 25.6 Å². The van der Waals surface area contributed by atoms with E-state index in [0.29, 0.717) is 0 Å². The average Bonchev–Trinajstić information content (AvgIpc) is 3.06. The van der Waals surface area contributed by atoms with Crippen LogP contribution in [0.2, 0.25) is 0 Å². The maximum absolute atomic E-state index is 11.3. The van der Waals surface area contributed by atoms with Crippen LogP contribution in [0.25, 0.3) is 5.69 Å². The number of nitrogens with zero attached hydrogens (tertiary/aromatic N) is 5. The van der Waals surface area contributed by atoms with Gasteiger partial charge in [0.2, 0.25) is 0 Å². The molecular weight excluding hydrogens is 322 g/mol. The zero-order valence-electron chi connectivity index (χ0n) is 14.6. The highest BCUT2D eigenvalue weighted by Gasteiger charge is 2.20. The first kappa shape index (κ1) is 17.4. The van der Waals surface area contributed by atoms with Crippen LogP contribution in [0, 0.1) is 17.0 Å². The molecule has 2 aromatic rings. The van der Waals surface area contributed by atoms with Gasteiger partial charge in [-0.15, -0.1) is 0 Å². The lowest BCUT2D eigenvalue weighted by Crippen LogP contribution is -2.47. The van der Waals surface area contributed by atoms with Crippen LogP contribution in [0.15, 0.2) is 30.7 Å². The van der Waals surface area contributed by atoms with Crippen LogP contribution in [-0.4, -0.2) is 65.8 Å². The summed E-state index contributed by atoms with van der Waals surface area (Å²) >= 11 is 0. The summed E-state index contributed by atoms with van der Waals surface area (Å²) in [6.45, 7) is 7.06. The smallest absolute Gasteiger partial charge is 0.273 e. The van der Waals surface area contributed by atoms with Crippen molar-refractivity contribution in [3.63, 3.8) is 0 Å². The summed E-state index contributed by atoms with van der Waals surface area (Å²) in [5.74, 6) is 0. The van der Waals surface area contributed by atoms with Gasteiger partial charge >= 0.3 is 0 Å². The lowest BCUT2D eigenvalue weighted by Gasteiger charge is -2.36. The van der Waals surface area contributed by atoms with Gasteiger partial charge in [-0.25, -0.2) is 4.98 Å². The van der Waals surface area contributed by atoms with Gasteiger partial charge < -0.3 is 14.2 Å². The SMILES string of the molecule is COCCN1CCN(c2cc(-n3cnc(C)c3)cc([N+](=O)[O-])c2)CC1. The third kappa shape index (κ3) is 4.15. The van der Waals surface area contributed by atoms with Crippen LogP contribution in [0.1, 0.15) is 5.69 Å². The Morgan fingerprint density at radius 2 is 1.92 bits per heavy atom. The molecule has 134 valence electrons. The largest absolute Gasteiger partial charge is 0.383 e. The number of non-ortho nitro benzene ring substituents is 1. The number of aromatic nitrogens is 2. The fourth-order valence-corrected chi connectivity index (χ4v) is 3.03. The number of piperazine rings is 1. The van der Waals surface area contributed by atoms with E-state index >= 15 is 0 Å². The molecule has 0 bridgehead atoms. The van der Waals surface area contributed by atoms with E-state index in [2.05, 4.69) is 14.8 Å². The molecule has 0 amide bonds. The van der Waals surface area contributed by atoms with Gasteiger partial charge in [0.1, 0.15) is 0 Å². The van der Waals surface area contributed by atoms with Crippen molar-refractivity contribution >= 4 is 11.4 Å². The molecule has 1 aromatic heterocycles. The molecule has 0 N–H and O–H groups in total. The van der Waals surface area contributed by atoms with Crippen molar-refractivity contribution in [2.24, 2.45) is 0 Å². The second-order valence-corrected chi connectivity index (χ2v) is 6.21. The molecule has 8 heteroatoms. The highest BCUT2D eigenvalue weighted by atomic mass is 16.6. The molecule has 1 aromatic carbocycles. The lowest BCUT2D eigenvalue weighted by atomic mass is 10.2. The Labute approximate surface area is 146 Å². The summed E-state index contributed by atoms with van der Waals surface area (Å²) in [4.78, 5) is 19.7. The molecule has 0 aliphatic carbocycles. The molecule has 1 saturated heterocycles. The van der Waals surface area contributed by atoms with Crippen molar-refractivity contribution < 1.29 is 9.66 Å². The second kappa shape index (κ2) is 7.62. The van der Waals surface area contributed by atoms with Crippen LogP contribution < -0.4 is 4.90 Å². The predicted octanol–water partition coefficient (Wildman–Crippen LogP) is 1.86. The van der Waals surface area contributed by atoms with Crippen molar-refractivity contribution in [3.8, 4) is 5.69 Å². The fraction of sp³-hybridized carbons (Fsp3) is 0.471. The predicted molar refractivity (Wildman–Crippen MR) is 95.5 cm³/mol. The maximum atomic E-state index is 11.3. The number of anilines is 1. The van der Waals surface area contributed by atoms with Gasteiger partial charge in [-0.1, -0.05) is 0 Å². The van der Waals surface area contributed by atoms with Gasteiger partial charge in [0.25, 0.3) is 5.69 Å². The second-order valence-electron chi connectivity index (χ2n) is 6.21. The Kier molecular flexibility index (Phi) is 5.30. The highest BCUT2D eigenvalue weighted by Crippen LogP contribution is 2.27. The number of nitro benzene ring substituents is 1. The number of rotatable bonds is 6. The Balaban J connectivity index is 1.81. The number of nitro groups is 1. The first-order valence-corrected chi connectivity index (χ1v) is 8.33. The van der Waals surface area contributed by atoms with E-state index in [4.69, 9.17) is 4.74 Å². The van der Waals surface area contributed by atoms with Gasteiger partial charge in [0.15, 0.2) is 0 Å². The van der Waals surface area contributed by atoms with E-state index in [0.717, 1.165) is 56.4 Å². The number of hydrogen-bond donors (Lipinski definition) is 0. The summed E-state index contributed by atoms with van der Waals surface area (Å²) in [5, 5.41) is 11.3. The van der Waals surface area contributed by atoms with Crippen LogP contribution in [0.3, 0.4) is 0 Å². The molecule has 1 aliphatic heterocycles. The molecule has 3 rings (SSSR count). The Morgan fingerprint density at radius 3 is 2.52 bits per heavy atom. The monoisotopic (exact) mass is 345 g/mol. The molecule has 0 radical (unpaired) electrons. The van der Waals surface area contributed by atoms with Gasteiger partial charge in [0, 0.05) is 63.9 Å². The number of hydrogen-bond acceptors (Lipinski definition) is 6. The zero-order chi connectivity index (χ0) is 17.8. The Hall–Kier alpha value is -2.45. The average molecular weight is 345 g/mol. The Morgan fingerprint density at radius 1 is 1.20 bits per heavy atom. The highest BCUT2D eigenvalue weighted by molar-refractivity contribution is 5.60. The molecule has 0 saturated carbocycles. The van der Waals surface area contributed by atoms with Gasteiger partial charge in [-0.2, -0.15) is 0 Å². The molecule has 0 unspecified atom stereocenters. The molecule has 25 heavy (non-hydrogen) atoms. The van der Waals surface area contributed by atoms with Gasteiger partial charge in [-0.05, 0) is 13.0 Å². The molecule has 1 aliphatic rings. The lowest BCUT2D eigenvalue weighted by molar-refractivity contribution is -0.384. The molecule has 2 heterocycles. The van der Waals surface area contributed by atoms with Crippen molar-refractivity contribution in [1.29, 1.82) is 0 Å². The van der Waals surface area contributed by atoms with Gasteiger partial charge in [0.05, 0.1) is 29.2 Å². The summed E-state index contributed by atoms with van der Waals surface area (Å²) in [5.41, 5.74) is 2.61. The normalized spacial score (nSPS) is 15.5. The van der Waals surface area contributed by atoms with Crippen molar-refractivity contribution in [2.75, 3.05) is 51.3 Å². The Bertz CT molecular complexity index is 738. The summed E-state index contributed by atoms with van der Waals surface area (Å²) < 4.78 is 6.95. The minimum atomic E-state index is -0.342. The zero-order valence-corrected chi connectivity index (χ0v) is 14.6. The number of ether oxygens (including phenoxy) is 1. The fourth-order valence-electron chi connectivity index (χ4n) is 3.03. The third-order valence-corrected chi connectivity index (χ3v) is 4.46. The first-order valence-electron chi connectivity index (χ1n) is 8.33. The van der Waals surface area contributed by atoms with Crippen molar-refractivity contribution in [1.82, 2.24) is 14.5 Å². The summed E-state index contributed by atoms with van der Waals surface area (Å²) in [6.07, 6.45) is 3.55. The number of imidazole rings is 1. The minimum Gasteiger partial charge on any atom is -0.383 e. The van der Waals surface area contributed by atoms with Crippen molar-refractivity contribution in [2.45, 2.75) is 6.92 Å². The minimum absolute atomic E-state index is 0.0978. The number of aryl methyl sites for hydroxylation is 1. The van der Waals surface area contributed by atoms with E-state index in [9.17, 15) is 10.1 Å². The maximum Gasteiger partial charge on any atom is 0.273 e. The van der Waals surface area contributed by atoms with E-state index in [1.165, 1.54) is 0 Å². The van der Waals surface area contributed by atoms with Gasteiger partial charge in [-0.3, -0.25) is 15.0 Å². The molecule has 0 spiro atoms. The third-order valence-electron chi connectivity index (χ3n) is 4.46. The summed E-state index contributed by atoms with van der Waals surface area (Å²) in [6, 6.07) is 5.22. The van der Waals surface area contributed by atoms with Crippen LogP contribution in [0.5, 0.6) is 0 Å². The standard InChI is InChI=1S/C17H23N5O3/c1-14-12-21(13-18-14)16-9-15(10-17(11-16)22(23)24)20-5-3-19(4-6-20)7-8-25-2/h9-13H,3-8H2,1-2H3. The molecule has 0 atom stereocenters.